The van der Waals surface area contributed by atoms with Crippen molar-refractivity contribution < 1.29 is 0 Å². The fraction of sp³-hybridized carbons (Fsp3) is 0.636. The molecule has 0 amide bonds. The lowest BCUT2D eigenvalue weighted by Gasteiger charge is -2.22. The minimum Gasteiger partial charge on any atom is -0.351 e. The molecule has 0 bridgehead atoms. The summed E-state index contributed by atoms with van der Waals surface area (Å²) in [4.78, 5) is 11.1. The summed E-state index contributed by atoms with van der Waals surface area (Å²) in [5, 5.41) is 0.534. The Morgan fingerprint density at radius 1 is 1.27 bits per heavy atom. The van der Waals surface area contributed by atoms with Crippen LogP contribution in [0.5, 0.6) is 0 Å². The van der Waals surface area contributed by atoms with Crippen molar-refractivity contribution in [2.45, 2.75) is 39.7 Å². The molecule has 82 valence electrons. The van der Waals surface area contributed by atoms with Gasteiger partial charge in [-0.2, -0.15) is 0 Å². The van der Waals surface area contributed by atoms with Crippen molar-refractivity contribution in [1.82, 2.24) is 9.97 Å². The molecule has 0 N–H and O–H groups in total. The van der Waals surface area contributed by atoms with Crippen LogP contribution in [0, 0.1) is 13.8 Å². The van der Waals surface area contributed by atoms with Gasteiger partial charge < -0.3 is 4.90 Å². The summed E-state index contributed by atoms with van der Waals surface area (Å²) >= 11 is 6.13. The molecule has 0 saturated heterocycles. The highest BCUT2D eigenvalue weighted by atomic mass is 35.5. The molecule has 2 rings (SSSR count). The number of hydrogen-bond donors (Lipinski definition) is 0. The maximum atomic E-state index is 6.13. The fourth-order valence-electron chi connectivity index (χ4n) is 1.71. The molecule has 0 aliphatic heterocycles. The van der Waals surface area contributed by atoms with Crippen LogP contribution in [-0.4, -0.2) is 22.6 Å². The van der Waals surface area contributed by atoms with Gasteiger partial charge in [0.25, 0.3) is 0 Å². The van der Waals surface area contributed by atoms with Gasteiger partial charge in [0.1, 0.15) is 0 Å². The molecule has 0 unspecified atom stereocenters. The van der Waals surface area contributed by atoms with E-state index in [2.05, 4.69) is 21.8 Å². The maximum absolute atomic E-state index is 6.13. The van der Waals surface area contributed by atoms with Gasteiger partial charge in [0, 0.05) is 12.6 Å². The predicted molar refractivity (Wildman–Crippen MR) is 62.6 cm³/mol. The van der Waals surface area contributed by atoms with E-state index in [4.69, 9.17) is 11.6 Å². The van der Waals surface area contributed by atoms with Crippen molar-refractivity contribution in [2.75, 3.05) is 11.4 Å². The van der Waals surface area contributed by atoms with E-state index in [0.717, 1.165) is 23.8 Å². The van der Waals surface area contributed by atoms with Gasteiger partial charge in [-0.3, -0.25) is 0 Å². The third-order valence-electron chi connectivity index (χ3n) is 2.85. The summed E-state index contributed by atoms with van der Waals surface area (Å²) in [7, 11) is 0. The first-order chi connectivity index (χ1) is 7.13. The SMILES string of the molecule is CCN(c1nc(C)c(C)nc1Cl)C1CC1. The van der Waals surface area contributed by atoms with Gasteiger partial charge in [-0.15, -0.1) is 0 Å². The molecule has 3 nitrogen and oxygen atoms in total. The molecule has 1 aromatic heterocycles. The van der Waals surface area contributed by atoms with E-state index in [9.17, 15) is 0 Å². The number of halogens is 1. The van der Waals surface area contributed by atoms with Gasteiger partial charge in [-0.1, -0.05) is 11.6 Å². The molecule has 4 heteroatoms. The summed E-state index contributed by atoms with van der Waals surface area (Å²) < 4.78 is 0. The van der Waals surface area contributed by atoms with E-state index in [1.807, 2.05) is 13.8 Å². The van der Waals surface area contributed by atoms with E-state index >= 15 is 0 Å². The molecule has 0 atom stereocenters. The van der Waals surface area contributed by atoms with Gasteiger partial charge in [-0.25, -0.2) is 9.97 Å². The second kappa shape index (κ2) is 3.97. The Morgan fingerprint density at radius 2 is 1.87 bits per heavy atom. The van der Waals surface area contributed by atoms with Crippen LogP contribution in [0.25, 0.3) is 0 Å². The first-order valence-corrected chi connectivity index (χ1v) is 5.78. The number of aromatic nitrogens is 2. The van der Waals surface area contributed by atoms with Crippen LogP contribution in [0.1, 0.15) is 31.2 Å². The Labute approximate surface area is 95.5 Å². The molecular formula is C11H16ClN3. The highest BCUT2D eigenvalue weighted by molar-refractivity contribution is 6.31. The zero-order valence-electron chi connectivity index (χ0n) is 9.42. The summed E-state index contributed by atoms with van der Waals surface area (Å²) in [5.41, 5.74) is 1.88. The second-order valence-electron chi connectivity index (χ2n) is 4.03. The number of anilines is 1. The van der Waals surface area contributed by atoms with E-state index < -0.39 is 0 Å². The topological polar surface area (TPSA) is 29.0 Å². The Hall–Kier alpha value is -0.830. The molecule has 0 radical (unpaired) electrons. The summed E-state index contributed by atoms with van der Waals surface area (Å²) in [5.74, 6) is 0.852. The van der Waals surface area contributed by atoms with Crippen molar-refractivity contribution in [3.63, 3.8) is 0 Å². The molecule has 1 aliphatic rings. The van der Waals surface area contributed by atoms with E-state index in [1.165, 1.54) is 12.8 Å². The van der Waals surface area contributed by atoms with Gasteiger partial charge in [-0.05, 0) is 33.6 Å². The molecule has 0 aromatic carbocycles. The molecule has 1 heterocycles. The Kier molecular flexibility index (Phi) is 2.83. The summed E-state index contributed by atoms with van der Waals surface area (Å²) in [6, 6.07) is 0.629. The molecule has 1 aliphatic carbocycles. The van der Waals surface area contributed by atoms with Crippen molar-refractivity contribution >= 4 is 17.4 Å². The Bertz CT molecular complexity index is 374. The van der Waals surface area contributed by atoms with Gasteiger partial charge in [0.2, 0.25) is 0 Å². The monoisotopic (exact) mass is 225 g/mol. The highest BCUT2D eigenvalue weighted by Crippen LogP contribution is 2.33. The largest absolute Gasteiger partial charge is 0.351 e. The predicted octanol–water partition coefficient (Wildman–Crippen LogP) is 2.74. The van der Waals surface area contributed by atoms with Gasteiger partial charge in [0.05, 0.1) is 11.4 Å². The first-order valence-electron chi connectivity index (χ1n) is 5.41. The lowest BCUT2D eigenvalue weighted by Crippen LogP contribution is -2.27. The quantitative estimate of drug-likeness (QED) is 0.792. The normalized spacial score (nSPS) is 15.5. The molecular weight excluding hydrogens is 210 g/mol. The number of nitrogens with zero attached hydrogens (tertiary/aromatic N) is 3. The van der Waals surface area contributed by atoms with Crippen LogP contribution in [0.2, 0.25) is 5.15 Å². The van der Waals surface area contributed by atoms with E-state index in [0.29, 0.717) is 11.2 Å². The fourth-order valence-corrected chi connectivity index (χ4v) is 1.99. The Balaban J connectivity index is 2.37. The average molecular weight is 226 g/mol. The van der Waals surface area contributed by atoms with E-state index in [-0.39, 0.29) is 0 Å². The third kappa shape index (κ3) is 2.07. The van der Waals surface area contributed by atoms with E-state index in [1.54, 1.807) is 0 Å². The molecule has 1 saturated carbocycles. The van der Waals surface area contributed by atoms with Crippen molar-refractivity contribution in [3.05, 3.63) is 16.5 Å². The van der Waals surface area contributed by atoms with Crippen LogP contribution in [0.4, 0.5) is 5.82 Å². The van der Waals surface area contributed by atoms with Crippen LogP contribution in [-0.2, 0) is 0 Å². The van der Waals surface area contributed by atoms with Gasteiger partial charge >= 0.3 is 0 Å². The second-order valence-corrected chi connectivity index (χ2v) is 4.38. The highest BCUT2D eigenvalue weighted by Gasteiger charge is 2.30. The van der Waals surface area contributed by atoms with Crippen molar-refractivity contribution in [3.8, 4) is 0 Å². The minimum absolute atomic E-state index is 0.534. The first kappa shape index (κ1) is 10.7. The molecule has 1 fully saturated rings. The summed E-state index contributed by atoms with van der Waals surface area (Å²) in [6.07, 6.45) is 2.50. The van der Waals surface area contributed by atoms with Crippen LogP contribution >= 0.6 is 11.6 Å². The van der Waals surface area contributed by atoms with Crippen LogP contribution in [0.15, 0.2) is 0 Å². The average Bonchev–Trinajstić information content (AvgIpc) is 2.99. The molecule has 1 aromatic rings. The number of hydrogen-bond acceptors (Lipinski definition) is 3. The third-order valence-corrected chi connectivity index (χ3v) is 3.10. The lowest BCUT2D eigenvalue weighted by atomic mass is 10.3. The molecule has 0 spiro atoms. The zero-order valence-corrected chi connectivity index (χ0v) is 10.2. The lowest BCUT2D eigenvalue weighted by molar-refractivity contribution is 0.797. The van der Waals surface area contributed by atoms with Crippen LogP contribution < -0.4 is 4.90 Å². The van der Waals surface area contributed by atoms with Crippen molar-refractivity contribution in [1.29, 1.82) is 0 Å². The van der Waals surface area contributed by atoms with Gasteiger partial charge in [0.15, 0.2) is 11.0 Å². The number of aryl methyl sites for hydroxylation is 2. The minimum atomic E-state index is 0.534. The smallest absolute Gasteiger partial charge is 0.171 e. The van der Waals surface area contributed by atoms with Crippen molar-refractivity contribution in [2.24, 2.45) is 0 Å². The maximum Gasteiger partial charge on any atom is 0.171 e. The molecule has 15 heavy (non-hydrogen) atoms. The summed E-state index contributed by atoms with van der Waals surface area (Å²) in [6.45, 7) is 6.99. The standard InChI is InChI=1S/C11H16ClN3/c1-4-15(9-5-6-9)11-10(12)13-7(2)8(3)14-11/h9H,4-6H2,1-3H3. The Morgan fingerprint density at radius 3 is 2.40 bits per heavy atom. The zero-order chi connectivity index (χ0) is 11.0. The van der Waals surface area contributed by atoms with Crippen LogP contribution in [0.3, 0.4) is 0 Å². The number of rotatable bonds is 3.